The largest absolute Gasteiger partial charge is 2.00 e. The van der Waals surface area contributed by atoms with E-state index in [1.165, 1.54) is 83.5 Å². The van der Waals surface area contributed by atoms with Crippen LogP contribution in [-0.4, -0.2) is 86.9 Å². The molecular formula is C18H36Ca2O3+2. The van der Waals surface area contributed by atoms with Crippen LogP contribution in [0.1, 0.15) is 110 Å². The van der Waals surface area contributed by atoms with Crippen molar-refractivity contribution in [2.45, 2.75) is 110 Å². The van der Waals surface area contributed by atoms with Crippen molar-refractivity contribution in [1.29, 1.82) is 0 Å². The van der Waals surface area contributed by atoms with Crippen LogP contribution in [0.25, 0.3) is 0 Å². The van der Waals surface area contributed by atoms with Crippen LogP contribution in [0, 0.1) is 0 Å². The first-order valence-corrected chi connectivity index (χ1v) is 8.97. The smallest absolute Gasteiger partial charge is 0.870 e. The molecule has 3 nitrogen and oxygen atoms in total. The number of carbonyl (C=O) groups is 1. The predicted molar refractivity (Wildman–Crippen MR) is 98.0 cm³/mol. The van der Waals surface area contributed by atoms with Crippen molar-refractivity contribution in [3.63, 3.8) is 0 Å². The molecule has 0 spiro atoms. The Balaban J connectivity index is -0.000000602. The van der Waals surface area contributed by atoms with Gasteiger partial charge in [0.05, 0.1) is 0 Å². The maximum Gasteiger partial charge on any atom is 2.00 e. The second-order valence-corrected chi connectivity index (χ2v) is 6.07. The third-order valence-corrected chi connectivity index (χ3v) is 3.98. The Morgan fingerprint density at radius 1 is 0.609 bits per heavy atom. The minimum absolute atomic E-state index is 0. The van der Waals surface area contributed by atoms with Gasteiger partial charge >= 0.3 is 75.5 Å². The van der Waals surface area contributed by atoms with Gasteiger partial charge < -0.3 is 15.4 Å². The average Bonchev–Trinajstić information content (AvgIpc) is 2.43. The zero-order valence-corrected chi connectivity index (χ0v) is 19.9. The van der Waals surface area contributed by atoms with Crippen LogP contribution in [-0.2, 0) is 4.79 Å². The number of carbonyl (C=O) groups excluding carboxylic acids is 1. The molecule has 0 fully saturated rings. The van der Waals surface area contributed by atoms with E-state index >= 15 is 0 Å². The van der Waals surface area contributed by atoms with E-state index < -0.39 is 5.97 Å². The first-order chi connectivity index (χ1) is 9.77. The average molecular weight is 381 g/mol. The number of carboxylic acid groups (broad SMARTS) is 1. The quantitative estimate of drug-likeness (QED) is 0.299. The van der Waals surface area contributed by atoms with E-state index in [-0.39, 0.29) is 87.4 Å². The molecule has 0 aliphatic heterocycles. The summed E-state index contributed by atoms with van der Waals surface area (Å²) in [5.74, 6) is -0.903. The monoisotopic (exact) mass is 380 g/mol. The summed E-state index contributed by atoms with van der Waals surface area (Å²) < 4.78 is 0. The minimum Gasteiger partial charge on any atom is -0.870 e. The molecule has 0 heterocycles. The summed E-state index contributed by atoms with van der Waals surface area (Å²) in [6.07, 6.45) is 19.9. The predicted octanol–water partition coefficient (Wildman–Crippen LogP) is 4.06. The molecule has 0 aromatic carbocycles. The van der Waals surface area contributed by atoms with Gasteiger partial charge in [0.25, 0.3) is 0 Å². The van der Waals surface area contributed by atoms with E-state index in [1.54, 1.807) is 0 Å². The maximum atomic E-state index is 10.2. The van der Waals surface area contributed by atoms with Gasteiger partial charge in [0, 0.05) is 5.97 Å². The van der Waals surface area contributed by atoms with Crippen LogP contribution in [0.3, 0.4) is 0 Å². The number of unbranched alkanes of at least 4 members (excludes halogenated alkanes) is 14. The first-order valence-electron chi connectivity index (χ1n) is 8.97. The Morgan fingerprint density at radius 3 is 1.13 bits per heavy atom. The SMILES string of the molecule is CCCCCCCCCCCCCCCCCC(=O)[O-].[Ca+2].[Ca+2].[OH-]. The van der Waals surface area contributed by atoms with Crippen molar-refractivity contribution in [2.24, 2.45) is 0 Å². The summed E-state index contributed by atoms with van der Waals surface area (Å²) in [7, 11) is 0. The molecule has 0 unspecified atom stereocenters. The summed E-state index contributed by atoms with van der Waals surface area (Å²) >= 11 is 0. The molecule has 5 heteroatoms. The molecule has 0 radical (unpaired) electrons. The van der Waals surface area contributed by atoms with Crippen molar-refractivity contribution in [2.75, 3.05) is 0 Å². The van der Waals surface area contributed by atoms with Gasteiger partial charge in [-0.05, 0) is 12.8 Å². The number of carboxylic acids is 1. The van der Waals surface area contributed by atoms with Crippen molar-refractivity contribution in [3.8, 4) is 0 Å². The fraction of sp³-hybridized carbons (Fsp3) is 0.944. The molecule has 1 N–H and O–H groups in total. The van der Waals surface area contributed by atoms with Gasteiger partial charge in [0.1, 0.15) is 0 Å². The third kappa shape index (κ3) is 32.1. The van der Waals surface area contributed by atoms with Gasteiger partial charge in [0.15, 0.2) is 0 Å². The molecule has 0 amide bonds. The molecule has 0 saturated carbocycles. The van der Waals surface area contributed by atoms with E-state index in [9.17, 15) is 9.90 Å². The molecule has 23 heavy (non-hydrogen) atoms. The van der Waals surface area contributed by atoms with Crippen LogP contribution < -0.4 is 5.11 Å². The van der Waals surface area contributed by atoms with Gasteiger partial charge in [-0.3, -0.25) is 0 Å². The maximum absolute atomic E-state index is 10.2. The topological polar surface area (TPSA) is 70.1 Å². The molecule has 0 aromatic rings. The fourth-order valence-corrected chi connectivity index (χ4v) is 2.64. The number of aliphatic carboxylic acids is 1. The molecule has 0 rings (SSSR count). The number of rotatable bonds is 16. The first kappa shape index (κ1) is 32.6. The molecule has 128 valence electrons. The zero-order chi connectivity index (χ0) is 14.9. The minimum atomic E-state index is -0.903. The number of hydrogen-bond acceptors (Lipinski definition) is 3. The standard InChI is InChI=1S/C18H36O2.2Ca.H2O/c1-2-3-4-5-6-7-8-9-10-11-12-13-14-15-16-17-18(19)20;;;/h2-17H2,1H3,(H,19,20);;;1H2/q;2*+2;/p-2. The van der Waals surface area contributed by atoms with Crippen molar-refractivity contribution < 1.29 is 15.4 Å². The van der Waals surface area contributed by atoms with Gasteiger partial charge in [-0.15, -0.1) is 0 Å². The molecule has 0 aliphatic rings. The normalized spacial score (nSPS) is 9.43. The molecular weight excluding hydrogens is 344 g/mol. The van der Waals surface area contributed by atoms with Gasteiger partial charge in [-0.1, -0.05) is 96.8 Å². The second kappa shape index (κ2) is 28.7. The van der Waals surface area contributed by atoms with Crippen molar-refractivity contribution in [3.05, 3.63) is 0 Å². The van der Waals surface area contributed by atoms with E-state index in [0.717, 1.165) is 12.8 Å². The second-order valence-electron chi connectivity index (χ2n) is 6.07. The van der Waals surface area contributed by atoms with Crippen LogP contribution >= 0.6 is 0 Å². The summed E-state index contributed by atoms with van der Waals surface area (Å²) in [6.45, 7) is 2.27. The van der Waals surface area contributed by atoms with Crippen molar-refractivity contribution >= 4 is 81.4 Å². The molecule has 0 aromatic heterocycles. The molecule has 0 saturated heterocycles. The summed E-state index contributed by atoms with van der Waals surface area (Å²) in [5, 5.41) is 10.2. The van der Waals surface area contributed by atoms with Gasteiger partial charge in [-0.25, -0.2) is 0 Å². The Kier molecular flexibility index (Phi) is 40.7. The van der Waals surface area contributed by atoms with Crippen LogP contribution in [0.15, 0.2) is 0 Å². The third-order valence-electron chi connectivity index (χ3n) is 3.98. The number of hydrogen-bond donors (Lipinski definition) is 0. The van der Waals surface area contributed by atoms with E-state index in [0.29, 0.717) is 0 Å². The van der Waals surface area contributed by atoms with Crippen molar-refractivity contribution in [1.82, 2.24) is 0 Å². The van der Waals surface area contributed by atoms with E-state index in [1.807, 2.05) is 0 Å². The Labute approximate surface area is 204 Å². The summed E-state index contributed by atoms with van der Waals surface area (Å²) in [5.41, 5.74) is 0. The van der Waals surface area contributed by atoms with Gasteiger partial charge in [-0.2, -0.15) is 0 Å². The fourth-order valence-electron chi connectivity index (χ4n) is 2.64. The Bertz CT molecular complexity index is 214. The Morgan fingerprint density at radius 2 is 0.870 bits per heavy atom. The molecule has 0 aliphatic carbocycles. The van der Waals surface area contributed by atoms with Gasteiger partial charge in [0.2, 0.25) is 0 Å². The zero-order valence-electron chi connectivity index (χ0n) is 15.5. The van der Waals surface area contributed by atoms with Crippen LogP contribution in [0.2, 0.25) is 0 Å². The molecule has 0 bridgehead atoms. The van der Waals surface area contributed by atoms with Crippen LogP contribution in [0.5, 0.6) is 0 Å². The summed E-state index contributed by atoms with van der Waals surface area (Å²) in [6, 6.07) is 0. The van der Waals surface area contributed by atoms with Crippen LogP contribution in [0.4, 0.5) is 0 Å². The van der Waals surface area contributed by atoms with E-state index in [4.69, 9.17) is 0 Å². The summed E-state index contributed by atoms with van der Waals surface area (Å²) in [4.78, 5) is 10.2. The van der Waals surface area contributed by atoms with E-state index in [2.05, 4.69) is 6.92 Å². The molecule has 0 atom stereocenters. The Hall–Kier alpha value is 1.95.